The van der Waals surface area contributed by atoms with Crippen molar-refractivity contribution in [1.82, 2.24) is 4.98 Å². The average molecular weight is 530 g/mol. The van der Waals surface area contributed by atoms with Crippen molar-refractivity contribution in [3.05, 3.63) is 89.4 Å². The molecule has 0 fully saturated rings. The Kier molecular flexibility index (Phi) is 8.34. The molecular weight excluding hydrogens is 506 g/mol. The molecule has 0 saturated carbocycles. The fraction of sp³-hybridized carbons (Fsp3) is 0.138. The first kappa shape index (κ1) is 26.1. The monoisotopic (exact) mass is 529 g/mol. The highest BCUT2D eigenvalue weighted by molar-refractivity contribution is 8.00. The molecule has 37 heavy (non-hydrogen) atoms. The summed E-state index contributed by atoms with van der Waals surface area (Å²) in [4.78, 5) is 17.9. The number of hydrogen-bond acceptors (Lipinski definition) is 6. The number of amides is 1. The number of carbonyl (C=O) groups is 1. The number of halogens is 1. The van der Waals surface area contributed by atoms with Gasteiger partial charge >= 0.3 is 0 Å². The van der Waals surface area contributed by atoms with Crippen molar-refractivity contribution in [3.63, 3.8) is 0 Å². The van der Waals surface area contributed by atoms with E-state index in [-0.39, 0.29) is 5.91 Å². The van der Waals surface area contributed by atoms with E-state index in [1.807, 2.05) is 60.7 Å². The SMILES string of the molecule is COc1ccc(-c2cc(-c3ccccc3)nc(SC(C)C(=O)Nc3cc(Cl)ccc3OC)c2C#N)cc1. The number of nitrogens with one attached hydrogen (secondary N) is 1. The average Bonchev–Trinajstić information content (AvgIpc) is 2.93. The van der Waals surface area contributed by atoms with Crippen molar-refractivity contribution in [3.8, 4) is 40.0 Å². The first-order valence-corrected chi connectivity index (χ1v) is 12.6. The van der Waals surface area contributed by atoms with Gasteiger partial charge in [0.1, 0.15) is 22.6 Å². The molecule has 1 unspecified atom stereocenters. The van der Waals surface area contributed by atoms with E-state index < -0.39 is 5.25 Å². The van der Waals surface area contributed by atoms with Crippen LogP contribution in [0.2, 0.25) is 5.02 Å². The van der Waals surface area contributed by atoms with Crippen molar-refractivity contribution in [2.75, 3.05) is 19.5 Å². The van der Waals surface area contributed by atoms with Crippen molar-refractivity contribution in [1.29, 1.82) is 5.26 Å². The lowest BCUT2D eigenvalue weighted by molar-refractivity contribution is -0.115. The summed E-state index contributed by atoms with van der Waals surface area (Å²) in [6.45, 7) is 1.77. The Morgan fingerprint density at radius 3 is 2.38 bits per heavy atom. The van der Waals surface area contributed by atoms with Gasteiger partial charge in [0, 0.05) is 16.1 Å². The summed E-state index contributed by atoms with van der Waals surface area (Å²) in [5, 5.41) is 13.4. The van der Waals surface area contributed by atoms with Crippen LogP contribution in [0.3, 0.4) is 0 Å². The normalized spacial score (nSPS) is 11.3. The maximum Gasteiger partial charge on any atom is 0.237 e. The smallest absolute Gasteiger partial charge is 0.237 e. The molecule has 186 valence electrons. The lowest BCUT2D eigenvalue weighted by Gasteiger charge is -2.17. The van der Waals surface area contributed by atoms with E-state index >= 15 is 0 Å². The number of methoxy groups -OCH3 is 2. The molecular formula is C29H24ClN3O3S. The third kappa shape index (κ3) is 6.05. The van der Waals surface area contributed by atoms with Gasteiger partial charge in [-0.15, -0.1) is 0 Å². The molecule has 1 amide bonds. The van der Waals surface area contributed by atoms with Gasteiger partial charge in [0.25, 0.3) is 0 Å². The highest BCUT2D eigenvalue weighted by Gasteiger charge is 2.22. The Morgan fingerprint density at radius 1 is 1.00 bits per heavy atom. The Hall–Kier alpha value is -3.99. The lowest BCUT2D eigenvalue weighted by atomic mass is 9.99. The van der Waals surface area contributed by atoms with E-state index in [1.54, 1.807) is 32.2 Å². The second-order valence-electron chi connectivity index (χ2n) is 8.04. The maximum atomic E-state index is 13.1. The first-order chi connectivity index (χ1) is 17.9. The Bertz CT molecular complexity index is 1450. The van der Waals surface area contributed by atoms with Gasteiger partial charge in [0.2, 0.25) is 5.91 Å². The van der Waals surface area contributed by atoms with Crippen molar-refractivity contribution < 1.29 is 14.3 Å². The van der Waals surface area contributed by atoms with Gasteiger partial charge in [-0.05, 0) is 48.9 Å². The zero-order valence-electron chi connectivity index (χ0n) is 20.5. The summed E-state index contributed by atoms with van der Waals surface area (Å²) in [7, 11) is 3.13. The van der Waals surface area contributed by atoms with Gasteiger partial charge in [-0.2, -0.15) is 5.26 Å². The second-order valence-corrected chi connectivity index (χ2v) is 9.80. The van der Waals surface area contributed by atoms with Gasteiger partial charge in [-0.1, -0.05) is 65.8 Å². The summed E-state index contributed by atoms with van der Waals surface area (Å²) in [5.41, 5.74) is 4.05. The van der Waals surface area contributed by atoms with Gasteiger partial charge in [-0.25, -0.2) is 4.98 Å². The molecule has 0 aliphatic heterocycles. The zero-order chi connectivity index (χ0) is 26.4. The fourth-order valence-corrected chi connectivity index (χ4v) is 4.80. The maximum absolute atomic E-state index is 13.1. The highest BCUT2D eigenvalue weighted by atomic mass is 35.5. The number of benzene rings is 3. The number of pyridine rings is 1. The number of ether oxygens (including phenoxy) is 2. The minimum absolute atomic E-state index is 0.271. The molecule has 0 aliphatic carbocycles. The number of hydrogen-bond donors (Lipinski definition) is 1. The molecule has 6 nitrogen and oxygen atoms in total. The van der Waals surface area contributed by atoms with Crippen LogP contribution in [-0.4, -0.2) is 30.4 Å². The van der Waals surface area contributed by atoms with E-state index in [0.29, 0.717) is 32.7 Å². The van der Waals surface area contributed by atoms with Crippen LogP contribution in [0.25, 0.3) is 22.4 Å². The summed E-state index contributed by atoms with van der Waals surface area (Å²) >= 11 is 7.33. The van der Waals surface area contributed by atoms with Gasteiger partial charge in [-0.3, -0.25) is 4.79 Å². The summed E-state index contributed by atoms with van der Waals surface area (Å²) in [5.74, 6) is 0.946. The highest BCUT2D eigenvalue weighted by Crippen LogP contribution is 2.37. The van der Waals surface area contributed by atoms with E-state index in [1.165, 1.54) is 18.9 Å². The molecule has 0 aliphatic rings. The number of anilines is 1. The number of aromatic nitrogens is 1. The molecule has 0 saturated heterocycles. The van der Waals surface area contributed by atoms with Crippen LogP contribution >= 0.6 is 23.4 Å². The predicted molar refractivity (Wildman–Crippen MR) is 148 cm³/mol. The van der Waals surface area contributed by atoms with Crippen LogP contribution in [0.15, 0.2) is 83.9 Å². The number of rotatable bonds is 8. The van der Waals surface area contributed by atoms with E-state index in [9.17, 15) is 10.1 Å². The molecule has 1 heterocycles. The second kappa shape index (κ2) is 11.8. The summed E-state index contributed by atoms with van der Waals surface area (Å²) in [6.07, 6.45) is 0. The van der Waals surface area contributed by atoms with Crippen LogP contribution in [-0.2, 0) is 4.79 Å². The van der Waals surface area contributed by atoms with Crippen LogP contribution in [0.5, 0.6) is 11.5 Å². The van der Waals surface area contributed by atoms with Gasteiger partial charge in [0.15, 0.2) is 0 Å². The lowest BCUT2D eigenvalue weighted by Crippen LogP contribution is -2.23. The number of carbonyl (C=O) groups excluding carboxylic acids is 1. The first-order valence-electron chi connectivity index (χ1n) is 11.4. The van der Waals surface area contributed by atoms with E-state index in [2.05, 4.69) is 11.4 Å². The third-order valence-electron chi connectivity index (χ3n) is 5.65. The van der Waals surface area contributed by atoms with Crippen molar-refractivity contribution in [2.45, 2.75) is 17.2 Å². The van der Waals surface area contributed by atoms with Crippen LogP contribution < -0.4 is 14.8 Å². The van der Waals surface area contributed by atoms with Crippen LogP contribution in [0, 0.1) is 11.3 Å². The predicted octanol–water partition coefficient (Wildman–Crippen LogP) is 7.08. The van der Waals surface area contributed by atoms with Gasteiger partial charge in [0.05, 0.1) is 36.4 Å². The molecule has 1 N–H and O–H groups in total. The van der Waals surface area contributed by atoms with Crippen molar-refractivity contribution in [2.24, 2.45) is 0 Å². The third-order valence-corrected chi connectivity index (χ3v) is 6.97. The largest absolute Gasteiger partial charge is 0.497 e. The Morgan fingerprint density at radius 2 is 1.73 bits per heavy atom. The molecule has 0 radical (unpaired) electrons. The molecule has 1 atom stereocenters. The van der Waals surface area contributed by atoms with E-state index in [0.717, 1.165) is 22.4 Å². The number of thioether (sulfide) groups is 1. The van der Waals surface area contributed by atoms with Crippen LogP contribution in [0.1, 0.15) is 12.5 Å². The zero-order valence-corrected chi connectivity index (χ0v) is 22.1. The van der Waals surface area contributed by atoms with Crippen molar-refractivity contribution >= 4 is 35.0 Å². The minimum Gasteiger partial charge on any atom is -0.497 e. The number of nitriles is 1. The van der Waals surface area contributed by atoms with E-state index in [4.69, 9.17) is 26.1 Å². The molecule has 0 bridgehead atoms. The summed E-state index contributed by atoms with van der Waals surface area (Å²) < 4.78 is 10.6. The molecule has 8 heteroatoms. The molecule has 3 aromatic carbocycles. The fourth-order valence-electron chi connectivity index (χ4n) is 3.70. The molecule has 4 rings (SSSR count). The Balaban J connectivity index is 1.72. The standard InChI is InChI=1S/C29H24ClN3O3S/c1-18(28(34)32-26-15-21(30)11-14-27(26)36-3)37-29-24(17-31)23(19-9-12-22(35-2)13-10-19)16-25(33-29)20-7-5-4-6-8-20/h4-16,18H,1-3H3,(H,32,34). The topological polar surface area (TPSA) is 84.2 Å². The summed E-state index contributed by atoms with van der Waals surface area (Å²) in [6, 6.07) is 26.4. The molecule has 4 aromatic rings. The quantitative estimate of drug-likeness (QED) is 0.245. The number of nitrogens with zero attached hydrogens (tertiary/aromatic N) is 2. The van der Waals surface area contributed by atoms with Crippen LogP contribution in [0.4, 0.5) is 5.69 Å². The Labute approximate surface area is 225 Å². The minimum atomic E-state index is -0.571. The molecule has 0 spiro atoms. The van der Waals surface area contributed by atoms with Gasteiger partial charge < -0.3 is 14.8 Å². The molecule has 1 aromatic heterocycles.